The zero-order valence-corrected chi connectivity index (χ0v) is 17.9. The van der Waals surface area contributed by atoms with E-state index < -0.39 is 0 Å². The minimum Gasteiger partial charge on any atom is -0.357 e. The lowest BCUT2D eigenvalue weighted by atomic mass is 10.1. The van der Waals surface area contributed by atoms with Crippen LogP contribution in [0.1, 0.15) is 35.7 Å². The van der Waals surface area contributed by atoms with Crippen LogP contribution in [0.2, 0.25) is 0 Å². The number of aliphatic imine (C=N–C) groups is 1. The molecule has 1 amide bonds. The van der Waals surface area contributed by atoms with Crippen LogP contribution in [0, 0.1) is 0 Å². The number of unbranched alkanes of at least 4 members (excludes halogenated alkanes) is 1. The van der Waals surface area contributed by atoms with Gasteiger partial charge in [-0.25, -0.2) is 0 Å². The van der Waals surface area contributed by atoms with Gasteiger partial charge in [0.25, 0.3) is 5.91 Å². The highest BCUT2D eigenvalue weighted by atomic mass is 127. The van der Waals surface area contributed by atoms with Gasteiger partial charge in [-0.05, 0) is 43.9 Å². The van der Waals surface area contributed by atoms with E-state index in [0.717, 1.165) is 43.9 Å². The Hall–Kier alpha value is -1.57. The second-order valence-corrected chi connectivity index (χ2v) is 5.62. The van der Waals surface area contributed by atoms with Crippen LogP contribution in [0.5, 0.6) is 0 Å². The average Bonchev–Trinajstić information content (AvgIpc) is 2.60. The van der Waals surface area contributed by atoms with Crippen molar-refractivity contribution in [1.29, 1.82) is 0 Å². The largest absolute Gasteiger partial charge is 0.357 e. The van der Waals surface area contributed by atoms with Gasteiger partial charge in [-0.3, -0.25) is 9.79 Å². The van der Waals surface area contributed by atoms with E-state index in [1.165, 1.54) is 0 Å². The number of halogens is 1. The molecule has 0 radical (unpaired) electrons. The summed E-state index contributed by atoms with van der Waals surface area (Å²) in [7, 11) is 3.70. The number of carbonyl (C=O) groups excluding carboxylic acids is 1. The molecule has 0 saturated heterocycles. The van der Waals surface area contributed by atoms with E-state index in [0.29, 0.717) is 12.1 Å². The molecule has 0 bridgehead atoms. The van der Waals surface area contributed by atoms with Crippen molar-refractivity contribution in [3.63, 3.8) is 0 Å². The lowest BCUT2D eigenvalue weighted by Crippen LogP contribution is -2.39. The predicted octanol–water partition coefficient (Wildman–Crippen LogP) is 3.07. The van der Waals surface area contributed by atoms with Crippen molar-refractivity contribution in [2.45, 2.75) is 26.2 Å². The average molecular weight is 458 g/mol. The maximum Gasteiger partial charge on any atom is 0.251 e. The van der Waals surface area contributed by atoms with Crippen LogP contribution in [0.25, 0.3) is 0 Å². The van der Waals surface area contributed by atoms with Crippen LogP contribution in [0.15, 0.2) is 41.9 Å². The molecular formula is C19H31IN4O. The third-order valence-corrected chi connectivity index (χ3v) is 3.68. The molecule has 0 unspecified atom stereocenters. The fourth-order valence-electron chi connectivity index (χ4n) is 2.35. The van der Waals surface area contributed by atoms with E-state index in [2.05, 4.69) is 41.1 Å². The lowest BCUT2D eigenvalue weighted by Gasteiger charge is -2.21. The van der Waals surface area contributed by atoms with Crippen molar-refractivity contribution < 1.29 is 4.79 Å². The zero-order chi connectivity index (χ0) is 17.8. The van der Waals surface area contributed by atoms with Gasteiger partial charge in [0, 0.05) is 39.3 Å². The highest BCUT2D eigenvalue weighted by Crippen LogP contribution is 2.06. The third-order valence-electron chi connectivity index (χ3n) is 3.68. The molecule has 1 aromatic carbocycles. The number of nitrogens with one attached hydrogen (secondary N) is 2. The Morgan fingerprint density at radius 1 is 1.40 bits per heavy atom. The summed E-state index contributed by atoms with van der Waals surface area (Å²) >= 11 is 0. The molecule has 0 atom stereocenters. The van der Waals surface area contributed by atoms with Gasteiger partial charge in [-0.1, -0.05) is 18.2 Å². The molecule has 1 rings (SSSR count). The molecule has 5 nitrogen and oxygen atoms in total. The molecule has 140 valence electrons. The normalized spacial score (nSPS) is 10.6. The van der Waals surface area contributed by atoms with Crippen molar-refractivity contribution in [2.24, 2.45) is 4.99 Å². The molecule has 0 heterocycles. The Kier molecular flexibility index (Phi) is 12.8. The molecule has 0 fully saturated rings. The predicted molar refractivity (Wildman–Crippen MR) is 117 cm³/mol. The molecule has 1 aromatic rings. The van der Waals surface area contributed by atoms with Crippen LogP contribution in [-0.2, 0) is 6.42 Å². The van der Waals surface area contributed by atoms with Gasteiger partial charge in [0.2, 0.25) is 0 Å². The number of rotatable bonds is 9. The summed E-state index contributed by atoms with van der Waals surface area (Å²) in [5.41, 5.74) is 1.80. The van der Waals surface area contributed by atoms with Crippen molar-refractivity contribution in [3.05, 3.63) is 48.0 Å². The van der Waals surface area contributed by atoms with E-state index in [9.17, 15) is 4.79 Å². The molecule has 0 saturated carbocycles. The number of guanidine groups is 1. The third kappa shape index (κ3) is 8.90. The minimum absolute atomic E-state index is 0. The van der Waals surface area contributed by atoms with E-state index in [4.69, 9.17) is 0 Å². The number of hydrogen-bond acceptors (Lipinski definition) is 2. The number of amides is 1. The van der Waals surface area contributed by atoms with Gasteiger partial charge >= 0.3 is 0 Å². The summed E-state index contributed by atoms with van der Waals surface area (Å²) < 4.78 is 0. The maximum absolute atomic E-state index is 11.7. The minimum atomic E-state index is -0.0596. The second-order valence-electron chi connectivity index (χ2n) is 5.62. The van der Waals surface area contributed by atoms with Crippen molar-refractivity contribution in [2.75, 3.05) is 33.7 Å². The highest BCUT2D eigenvalue weighted by Gasteiger charge is 2.06. The summed E-state index contributed by atoms with van der Waals surface area (Å²) in [4.78, 5) is 18.5. The van der Waals surface area contributed by atoms with Crippen LogP contribution in [-0.4, -0.2) is 50.5 Å². The van der Waals surface area contributed by atoms with Gasteiger partial charge in [0.15, 0.2) is 5.96 Å². The molecule has 0 spiro atoms. The van der Waals surface area contributed by atoms with Gasteiger partial charge in [-0.2, -0.15) is 0 Å². The number of allylic oxidation sites excluding steroid dienone is 1. The molecule has 0 aromatic heterocycles. The monoisotopic (exact) mass is 458 g/mol. The quantitative estimate of drug-likeness (QED) is 0.197. The standard InChI is InChI=1S/C19H30N4O.HI/c1-5-7-8-14-23(4)19(21-6-2)22-13-12-16-10-9-11-17(15-16)18(24)20-3;/h5,9-11,15H,1,6-8,12-14H2,2-4H3,(H,20,24)(H,21,22);1H. The van der Waals surface area contributed by atoms with Crippen LogP contribution < -0.4 is 10.6 Å². The summed E-state index contributed by atoms with van der Waals surface area (Å²) in [6.45, 7) is 8.30. The fourth-order valence-corrected chi connectivity index (χ4v) is 2.35. The summed E-state index contributed by atoms with van der Waals surface area (Å²) in [5.74, 6) is 0.861. The smallest absolute Gasteiger partial charge is 0.251 e. The first kappa shape index (κ1) is 23.4. The van der Waals surface area contributed by atoms with Crippen molar-refractivity contribution in [1.82, 2.24) is 15.5 Å². The van der Waals surface area contributed by atoms with Crippen LogP contribution in [0.3, 0.4) is 0 Å². The van der Waals surface area contributed by atoms with E-state index >= 15 is 0 Å². The first-order chi connectivity index (χ1) is 11.6. The van der Waals surface area contributed by atoms with Crippen LogP contribution in [0.4, 0.5) is 0 Å². The Morgan fingerprint density at radius 2 is 2.16 bits per heavy atom. The first-order valence-electron chi connectivity index (χ1n) is 8.53. The molecule has 0 aliphatic carbocycles. The lowest BCUT2D eigenvalue weighted by molar-refractivity contribution is 0.0963. The topological polar surface area (TPSA) is 56.7 Å². The Labute approximate surface area is 169 Å². The Bertz CT molecular complexity index is 560. The van der Waals surface area contributed by atoms with E-state index in [1.54, 1.807) is 7.05 Å². The number of hydrogen-bond donors (Lipinski definition) is 2. The van der Waals surface area contributed by atoms with Crippen molar-refractivity contribution in [3.8, 4) is 0 Å². The Morgan fingerprint density at radius 3 is 2.80 bits per heavy atom. The first-order valence-corrected chi connectivity index (χ1v) is 8.53. The van der Waals surface area contributed by atoms with E-state index in [1.807, 2.05) is 30.3 Å². The fraction of sp³-hybridized carbons (Fsp3) is 0.474. The molecule has 2 N–H and O–H groups in total. The molecular weight excluding hydrogens is 427 g/mol. The highest BCUT2D eigenvalue weighted by molar-refractivity contribution is 14.0. The SMILES string of the molecule is C=CCCCN(C)C(=NCCc1cccc(C(=O)NC)c1)NCC.I. The van der Waals surface area contributed by atoms with Gasteiger partial charge in [-0.15, -0.1) is 30.6 Å². The van der Waals surface area contributed by atoms with Gasteiger partial charge in [0.1, 0.15) is 0 Å². The number of carbonyl (C=O) groups is 1. The molecule has 0 aliphatic heterocycles. The molecule has 25 heavy (non-hydrogen) atoms. The summed E-state index contributed by atoms with van der Waals surface area (Å²) in [6.07, 6.45) is 4.83. The summed E-state index contributed by atoms with van der Waals surface area (Å²) in [6, 6.07) is 7.69. The van der Waals surface area contributed by atoms with Gasteiger partial charge in [0.05, 0.1) is 0 Å². The maximum atomic E-state index is 11.7. The molecule has 0 aliphatic rings. The van der Waals surface area contributed by atoms with Crippen LogP contribution >= 0.6 is 24.0 Å². The number of nitrogens with zero attached hydrogens (tertiary/aromatic N) is 2. The molecule has 6 heteroatoms. The van der Waals surface area contributed by atoms with E-state index in [-0.39, 0.29) is 29.9 Å². The van der Waals surface area contributed by atoms with Crippen molar-refractivity contribution >= 4 is 35.8 Å². The number of benzene rings is 1. The second kappa shape index (κ2) is 13.7. The van der Waals surface area contributed by atoms with Gasteiger partial charge < -0.3 is 15.5 Å². The zero-order valence-electron chi connectivity index (χ0n) is 15.5. The Balaban J connectivity index is 0.00000576. The summed E-state index contributed by atoms with van der Waals surface area (Å²) in [5, 5.41) is 5.97.